The molecule has 2 aromatic heterocycles. The number of hydrogen-bond donors (Lipinski definition) is 1. The maximum absolute atomic E-state index is 14.0. The molecule has 0 saturated heterocycles. The lowest BCUT2D eigenvalue weighted by molar-refractivity contribution is 0.0512. The summed E-state index contributed by atoms with van der Waals surface area (Å²) in [6.07, 6.45) is 5.20. The number of carbonyl (C=O) groups excluding carboxylic acids is 1. The highest BCUT2D eigenvalue weighted by Gasteiger charge is 2.28. The van der Waals surface area contributed by atoms with Gasteiger partial charge in [0, 0.05) is 54.0 Å². The molecule has 296 valence electrons. The van der Waals surface area contributed by atoms with E-state index in [-0.39, 0.29) is 5.97 Å². The van der Waals surface area contributed by atoms with Crippen LogP contribution in [0.1, 0.15) is 72.5 Å². The number of carbonyl (C=O) groups is 1. The number of hydrogen-bond acceptors (Lipinski definition) is 7. The summed E-state index contributed by atoms with van der Waals surface area (Å²) >= 11 is 3.77. The molecule has 6 rings (SSSR count). The Labute approximate surface area is 339 Å². The summed E-state index contributed by atoms with van der Waals surface area (Å²) in [7, 11) is 3.92. The summed E-state index contributed by atoms with van der Waals surface area (Å²) in [6, 6.07) is 29.1. The second-order valence-corrected chi connectivity index (χ2v) is 14.5. The number of fused-ring (bicyclic) bond motifs is 2. The second-order valence-electron chi connectivity index (χ2n) is 14.0. The van der Waals surface area contributed by atoms with Crippen molar-refractivity contribution in [1.29, 1.82) is 0 Å². The first-order valence-electron chi connectivity index (χ1n) is 20.0. The minimum Gasteiger partial charge on any atom is -0.493 e. The molecule has 1 N–H and O–H groups in total. The Kier molecular flexibility index (Phi) is 15.0. The number of alkyl halides is 1. The zero-order valence-corrected chi connectivity index (χ0v) is 34.8. The van der Waals surface area contributed by atoms with E-state index in [1.54, 1.807) is 0 Å². The predicted octanol–water partition coefficient (Wildman–Crippen LogP) is 9.83. The van der Waals surface area contributed by atoms with Crippen molar-refractivity contribution < 1.29 is 23.7 Å². The molecule has 9 nitrogen and oxygen atoms in total. The average Bonchev–Trinajstić information content (AvgIpc) is 3.72. The first-order chi connectivity index (χ1) is 27.5. The van der Waals surface area contributed by atoms with Crippen molar-refractivity contribution >= 4 is 43.6 Å². The fourth-order valence-electron chi connectivity index (χ4n) is 7.47. The lowest BCUT2D eigenvalue weighted by Crippen LogP contribution is -2.17. The van der Waals surface area contributed by atoms with Gasteiger partial charge in [-0.05, 0) is 93.8 Å². The molecule has 0 spiro atoms. The van der Waals surface area contributed by atoms with E-state index in [9.17, 15) is 4.79 Å². The van der Waals surface area contributed by atoms with Crippen LogP contribution in [0.15, 0.2) is 84.9 Å². The Bertz CT molecular complexity index is 2190. The van der Waals surface area contributed by atoms with Gasteiger partial charge in [0.25, 0.3) is 0 Å². The van der Waals surface area contributed by atoms with Crippen molar-refractivity contribution in [3.63, 3.8) is 0 Å². The largest absolute Gasteiger partial charge is 0.493 e. The van der Waals surface area contributed by atoms with Crippen LogP contribution >= 0.6 is 15.9 Å². The molecule has 6 aromatic rings. The summed E-state index contributed by atoms with van der Waals surface area (Å²) in [4.78, 5) is 14.0. The van der Waals surface area contributed by atoms with Gasteiger partial charge in [-0.25, -0.2) is 4.79 Å². The maximum atomic E-state index is 14.0. The van der Waals surface area contributed by atoms with E-state index in [2.05, 4.69) is 81.3 Å². The van der Waals surface area contributed by atoms with Crippen LogP contribution in [0.2, 0.25) is 0 Å². The number of para-hydroxylation sites is 1. The van der Waals surface area contributed by atoms with Crippen LogP contribution in [0.25, 0.3) is 32.8 Å². The zero-order valence-electron chi connectivity index (χ0n) is 33.2. The Morgan fingerprint density at radius 1 is 0.839 bits per heavy atom. The molecule has 56 heavy (non-hydrogen) atoms. The SMILES string of the molecule is CCCOCCCc1ccc(OCc2nn(C)c(CBr)c2-c2cccc3c(CCCOc4cccc5ccccc45)c(C(=O)OCC)n(CCCNC)c23)cc1. The minimum absolute atomic E-state index is 0.291. The van der Waals surface area contributed by atoms with Crippen molar-refractivity contribution in [2.24, 2.45) is 7.05 Å². The summed E-state index contributed by atoms with van der Waals surface area (Å²) in [5, 5.41) is 12.1. The normalized spacial score (nSPS) is 11.4. The fraction of sp³-hybridized carbons (Fsp3) is 0.391. The van der Waals surface area contributed by atoms with Crippen LogP contribution in [0.3, 0.4) is 0 Å². The van der Waals surface area contributed by atoms with Crippen LogP contribution in [0.4, 0.5) is 0 Å². The molecule has 0 bridgehead atoms. The Balaban J connectivity index is 1.33. The van der Waals surface area contributed by atoms with E-state index in [1.165, 1.54) is 5.56 Å². The minimum atomic E-state index is -0.309. The number of aryl methyl sites for hydroxylation is 4. The van der Waals surface area contributed by atoms with E-state index >= 15 is 0 Å². The molecule has 0 radical (unpaired) electrons. The third-order valence-corrected chi connectivity index (χ3v) is 10.6. The quantitative estimate of drug-likeness (QED) is 0.0415. The second kappa shape index (κ2) is 20.5. The Morgan fingerprint density at radius 2 is 1.61 bits per heavy atom. The highest BCUT2D eigenvalue weighted by atomic mass is 79.9. The van der Waals surface area contributed by atoms with Gasteiger partial charge in [0.15, 0.2) is 0 Å². The molecule has 2 heterocycles. The molecule has 0 aliphatic rings. The van der Waals surface area contributed by atoms with Gasteiger partial charge in [0.05, 0.1) is 24.4 Å². The van der Waals surface area contributed by atoms with Gasteiger partial charge in [-0.2, -0.15) is 5.10 Å². The van der Waals surface area contributed by atoms with E-state index in [4.69, 9.17) is 24.0 Å². The first-order valence-corrected chi connectivity index (χ1v) is 21.1. The van der Waals surface area contributed by atoms with Crippen molar-refractivity contribution in [3.05, 3.63) is 113 Å². The van der Waals surface area contributed by atoms with Gasteiger partial charge < -0.3 is 28.8 Å². The Morgan fingerprint density at radius 3 is 2.39 bits per heavy atom. The fourth-order valence-corrected chi connectivity index (χ4v) is 8.12. The van der Waals surface area contributed by atoms with E-state index in [0.29, 0.717) is 43.8 Å². The number of nitrogens with zero attached hydrogens (tertiary/aromatic N) is 3. The van der Waals surface area contributed by atoms with Crippen LogP contribution in [-0.4, -0.2) is 60.3 Å². The third-order valence-electron chi connectivity index (χ3n) is 10.1. The van der Waals surface area contributed by atoms with Crippen LogP contribution < -0.4 is 14.8 Å². The molecule has 10 heteroatoms. The highest BCUT2D eigenvalue weighted by molar-refractivity contribution is 9.08. The summed E-state index contributed by atoms with van der Waals surface area (Å²) < 4.78 is 28.3. The zero-order chi connectivity index (χ0) is 39.3. The van der Waals surface area contributed by atoms with Crippen molar-refractivity contribution in [2.45, 2.75) is 70.9 Å². The van der Waals surface area contributed by atoms with Gasteiger partial charge >= 0.3 is 5.97 Å². The van der Waals surface area contributed by atoms with Gasteiger partial charge in [0.1, 0.15) is 29.5 Å². The van der Waals surface area contributed by atoms with Crippen molar-refractivity contribution in [3.8, 4) is 22.6 Å². The third kappa shape index (κ3) is 9.65. The highest BCUT2D eigenvalue weighted by Crippen LogP contribution is 2.39. The number of esters is 1. The summed E-state index contributed by atoms with van der Waals surface area (Å²) in [5.41, 5.74) is 7.72. The van der Waals surface area contributed by atoms with Gasteiger partial charge in [-0.15, -0.1) is 0 Å². The molecule has 0 aliphatic heterocycles. The monoisotopic (exact) mass is 822 g/mol. The molecule has 4 aromatic carbocycles. The van der Waals surface area contributed by atoms with E-state index < -0.39 is 0 Å². The van der Waals surface area contributed by atoms with E-state index in [1.807, 2.05) is 62.1 Å². The molecule has 0 fully saturated rings. The first kappa shape index (κ1) is 41.0. The molecule has 0 amide bonds. The van der Waals surface area contributed by atoms with Crippen molar-refractivity contribution in [1.82, 2.24) is 19.7 Å². The van der Waals surface area contributed by atoms with Crippen LogP contribution in [-0.2, 0) is 47.8 Å². The van der Waals surface area contributed by atoms with Crippen molar-refractivity contribution in [2.75, 3.05) is 40.0 Å². The van der Waals surface area contributed by atoms with Crippen LogP contribution in [0, 0.1) is 0 Å². The van der Waals surface area contributed by atoms with Gasteiger partial charge in [-0.3, -0.25) is 4.68 Å². The molecular formula is C46H55BrN4O5. The number of rotatable bonds is 22. The Hall–Kier alpha value is -4.64. The van der Waals surface area contributed by atoms with Gasteiger partial charge in [-0.1, -0.05) is 89.6 Å². The number of aromatic nitrogens is 3. The smallest absolute Gasteiger partial charge is 0.355 e. The lowest BCUT2D eigenvalue weighted by Gasteiger charge is -2.15. The molecule has 0 atom stereocenters. The molecule has 0 unspecified atom stereocenters. The summed E-state index contributed by atoms with van der Waals surface area (Å²) in [6.45, 7) is 8.11. The predicted molar refractivity (Wildman–Crippen MR) is 229 cm³/mol. The summed E-state index contributed by atoms with van der Waals surface area (Å²) in [5.74, 6) is 1.35. The topological polar surface area (TPSA) is 88.8 Å². The average molecular weight is 824 g/mol. The number of halogens is 1. The van der Waals surface area contributed by atoms with Crippen LogP contribution in [0.5, 0.6) is 11.5 Å². The number of benzene rings is 4. The van der Waals surface area contributed by atoms with Gasteiger partial charge in [0.2, 0.25) is 0 Å². The molecule has 0 aliphatic carbocycles. The maximum Gasteiger partial charge on any atom is 0.355 e. The number of nitrogens with one attached hydrogen (secondary N) is 1. The standard InChI is InChI=1S/C46H55BrN4O5/c1-5-28-53-29-11-14-33-22-24-35(25-23-33)56-32-40-43(41(31-47)50(4)49-40)39-19-10-18-37-38(45(46(52)54-6-2)51(44(37)39)27-13-26-48-3)20-12-30-55-42-21-9-16-34-15-7-8-17-36(34)42/h7-10,15-19,21-25,48H,5-6,11-14,20,26-32H2,1-4H3. The molecular weight excluding hydrogens is 768 g/mol. The molecule has 0 saturated carbocycles. The lowest BCUT2D eigenvalue weighted by atomic mass is 9.98. The van der Waals surface area contributed by atoms with E-state index in [0.717, 1.165) is 113 Å². The number of ether oxygens (including phenoxy) is 4.